The molecule has 0 aromatic heterocycles. The number of rotatable bonds is 8. The van der Waals surface area contributed by atoms with Gasteiger partial charge in [0.25, 0.3) is 0 Å². The Morgan fingerprint density at radius 2 is 1.44 bits per heavy atom. The van der Waals surface area contributed by atoms with Crippen molar-refractivity contribution < 1.29 is 24.5 Å². The third kappa shape index (κ3) is 6.45. The summed E-state index contributed by atoms with van der Waals surface area (Å²) in [5.74, 6) is -2.60. The minimum atomic E-state index is -1.82. The molecule has 0 spiro atoms. The lowest BCUT2D eigenvalue weighted by Gasteiger charge is -2.30. The largest absolute Gasteiger partial charge is 0.492 e. The van der Waals surface area contributed by atoms with Crippen LogP contribution in [0.5, 0.6) is 5.75 Å². The lowest BCUT2D eigenvalue weighted by Crippen LogP contribution is -2.31. The fourth-order valence-electron chi connectivity index (χ4n) is 4.34. The number of ether oxygens (including phenoxy) is 1. The molecule has 0 bridgehead atoms. The Kier molecular flexibility index (Phi) is 8.82. The molecule has 4 rings (SSSR count). The smallest absolute Gasteiger partial charge is 0.414 e. The van der Waals surface area contributed by atoms with Gasteiger partial charge in [-0.1, -0.05) is 78.9 Å². The molecule has 1 aliphatic heterocycles. The summed E-state index contributed by atoms with van der Waals surface area (Å²) in [7, 11) is 2.23. The molecule has 34 heavy (non-hydrogen) atoms. The number of likely N-dealkylation sites (N-methyl/N-ethyl adjacent to an activating group) is 1. The number of hydrogen-bond donors (Lipinski definition) is 2. The Balaban J connectivity index is 0.000000481. The van der Waals surface area contributed by atoms with Crippen LogP contribution in [0, 0.1) is 0 Å². The van der Waals surface area contributed by atoms with Crippen molar-refractivity contribution in [2.45, 2.75) is 24.7 Å². The van der Waals surface area contributed by atoms with Crippen molar-refractivity contribution in [1.82, 2.24) is 4.90 Å². The maximum atomic E-state index is 9.10. The van der Waals surface area contributed by atoms with Crippen LogP contribution in [-0.2, 0) is 21.4 Å². The molecule has 2 N–H and O–H groups in total. The molecule has 0 aliphatic carbocycles. The van der Waals surface area contributed by atoms with Crippen LogP contribution in [0.2, 0.25) is 0 Å². The highest BCUT2D eigenvalue weighted by atomic mass is 16.5. The summed E-state index contributed by atoms with van der Waals surface area (Å²) in [4.78, 5) is 20.7. The number of hydrogen-bond acceptors (Lipinski definition) is 4. The van der Waals surface area contributed by atoms with Gasteiger partial charge in [0, 0.05) is 12.1 Å². The van der Waals surface area contributed by atoms with Crippen LogP contribution in [0.25, 0.3) is 0 Å². The summed E-state index contributed by atoms with van der Waals surface area (Å²) < 4.78 is 6.12. The highest BCUT2D eigenvalue weighted by Crippen LogP contribution is 2.46. The summed E-state index contributed by atoms with van der Waals surface area (Å²) in [5, 5.41) is 14.8. The molecule has 0 saturated heterocycles. The summed E-state index contributed by atoms with van der Waals surface area (Å²) in [6.07, 6.45) is 3.36. The fraction of sp³-hybridized carbons (Fsp3) is 0.286. The van der Waals surface area contributed by atoms with Gasteiger partial charge in [-0.2, -0.15) is 0 Å². The SMILES string of the molecule is CN(CCCC1(c2ccccc2)COc2ccccc21)CCc1ccccc1.O=C(O)C(=O)O. The van der Waals surface area contributed by atoms with Crippen molar-refractivity contribution >= 4 is 11.9 Å². The normalized spacial score (nSPS) is 16.2. The standard InChI is InChI=1S/C26H29NO.C2H2O4/c1-27(20-17-22-11-4-2-5-12-22)19-10-18-26(23-13-6-3-7-14-23)21-28-25-16-9-8-15-24(25)26;3-1(4)2(5)6/h2-9,11-16H,10,17-21H2,1H3;(H,3,4)(H,5,6). The van der Waals surface area contributed by atoms with Gasteiger partial charge < -0.3 is 19.8 Å². The third-order valence-electron chi connectivity index (χ3n) is 6.15. The number of benzene rings is 3. The van der Waals surface area contributed by atoms with Crippen molar-refractivity contribution in [3.05, 3.63) is 102 Å². The second kappa shape index (κ2) is 12.0. The predicted octanol–water partition coefficient (Wildman–Crippen LogP) is 4.48. The van der Waals surface area contributed by atoms with Crippen LogP contribution in [-0.4, -0.2) is 53.8 Å². The van der Waals surface area contributed by atoms with Crippen LogP contribution in [0.15, 0.2) is 84.9 Å². The molecule has 1 atom stereocenters. The number of nitrogens with zero attached hydrogens (tertiary/aromatic N) is 1. The molecule has 178 valence electrons. The molecule has 0 radical (unpaired) electrons. The monoisotopic (exact) mass is 461 g/mol. The Hall–Kier alpha value is -3.64. The molecule has 0 fully saturated rings. The van der Waals surface area contributed by atoms with E-state index < -0.39 is 11.9 Å². The van der Waals surface area contributed by atoms with Gasteiger partial charge in [-0.25, -0.2) is 9.59 Å². The topological polar surface area (TPSA) is 87.1 Å². The zero-order valence-electron chi connectivity index (χ0n) is 19.4. The molecular weight excluding hydrogens is 430 g/mol. The second-order valence-corrected chi connectivity index (χ2v) is 8.49. The highest BCUT2D eigenvalue weighted by Gasteiger charge is 2.41. The first-order valence-corrected chi connectivity index (χ1v) is 11.4. The van der Waals surface area contributed by atoms with E-state index in [2.05, 4.69) is 96.9 Å². The minimum absolute atomic E-state index is 0.0296. The second-order valence-electron chi connectivity index (χ2n) is 8.49. The summed E-state index contributed by atoms with van der Waals surface area (Å²) in [6.45, 7) is 2.93. The predicted molar refractivity (Wildman–Crippen MR) is 131 cm³/mol. The van der Waals surface area contributed by atoms with E-state index in [-0.39, 0.29) is 5.41 Å². The van der Waals surface area contributed by atoms with E-state index in [4.69, 9.17) is 24.5 Å². The maximum absolute atomic E-state index is 9.10. The summed E-state index contributed by atoms with van der Waals surface area (Å²) >= 11 is 0. The number of para-hydroxylation sites is 1. The first kappa shape index (κ1) is 25.0. The summed E-state index contributed by atoms with van der Waals surface area (Å²) in [5.41, 5.74) is 4.09. The molecule has 1 heterocycles. The minimum Gasteiger partial charge on any atom is -0.492 e. The van der Waals surface area contributed by atoms with Crippen molar-refractivity contribution in [3.8, 4) is 5.75 Å². The van der Waals surface area contributed by atoms with Gasteiger partial charge in [-0.05, 0) is 50.0 Å². The molecule has 6 heteroatoms. The number of aliphatic carboxylic acids is 2. The van der Waals surface area contributed by atoms with Gasteiger partial charge >= 0.3 is 11.9 Å². The first-order valence-electron chi connectivity index (χ1n) is 11.4. The molecule has 1 aliphatic rings. The molecule has 3 aromatic carbocycles. The third-order valence-corrected chi connectivity index (χ3v) is 6.15. The number of carboxylic acids is 2. The Morgan fingerprint density at radius 3 is 2.09 bits per heavy atom. The lowest BCUT2D eigenvalue weighted by atomic mass is 9.73. The quantitative estimate of drug-likeness (QED) is 0.481. The molecule has 3 aromatic rings. The Labute approximate surface area is 200 Å². The highest BCUT2D eigenvalue weighted by molar-refractivity contribution is 6.27. The first-order chi connectivity index (χ1) is 16.4. The summed E-state index contributed by atoms with van der Waals surface area (Å²) in [6, 6.07) is 30.2. The van der Waals surface area contributed by atoms with Crippen LogP contribution in [0.1, 0.15) is 29.5 Å². The van der Waals surface area contributed by atoms with E-state index in [1.807, 2.05) is 0 Å². The van der Waals surface area contributed by atoms with Gasteiger partial charge in [-0.15, -0.1) is 0 Å². The van der Waals surface area contributed by atoms with E-state index >= 15 is 0 Å². The fourth-order valence-corrected chi connectivity index (χ4v) is 4.34. The van der Waals surface area contributed by atoms with Crippen molar-refractivity contribution in [2.24, 2.45) is 0 Å². The van der Waals surface area contributed by atoms with Crippen LogP contribution in [0.3, 0.4) is 0 Å². The van der Waals surface area contributed by atoms with Crippen LogP contribution in [0.4, 0.5) is 0 Å². The average Bonchev–Trinajstić information content (AvgIpc) is 3.24. The van der Waals surface area contributed by atoms with Gasteiger partial charge in [0.1, 0.15) is 12.4 Å². The van der Waals surface area contributed by atoms with E-state index in [0.717, 1.165) is 44.7 Å². The molecule has 1 unspecified atom stereocenters. The van der Waals surface area contributed by atoms with Gasteiger partial charge in [0.15, 0.2) is 0 Å². The Morgan fingerprint density at radius 1 is 0.853 bits per heavy atom. The Bertz CT molecular complexity index is 1060. The van der Waals surface area contributed by atoms with Crippen LogP contribution >= 0.6 is 0 Å². The van der Waals surface area contributed by atoms with Gasteiger partial charge in [0.05, 0.1) is 5.41 Å². The van der Waals surface area contributed by atoms with E-state index in [1.165, 1.54) is 16.7 Å². The molecule has 6 nitrogen and oxygen atoms in total. The molecule has 0 saturated carbocycles. The van der Waals surface area contributed by atoms with Gasteiger partial charge in [-0.3, -0.25) is 0 Å². The zero-order valence-corrected chi connectivity index (χ0v) is 19.4. The number of carboxylic acid groups (broad SMARTS) is 2. The number of fused-ring (bicyclic) bond motifs is 1. The van der Waals surface area contributed by atoms with Gasteiger partial charge in [0.2, 0.25) is 0 Å². The van der Waals surface area contributed by atoms with E-state index in [0.29, 0.717) is 0 Å². The van der Waals surface area contributed by atoms with Crippen molar-refractivity contribution in [2.75, 3.05) is 26.7 Å². The van der Waals surface area contributed by atoms with Crippen LogP contribution < -0.4 is 4.74 Å². The lowest BCUT2D eigenvalue weighted by molar-refractivity contribution is -0.159. The molecule has 0 amide bonds. The number of carbonyl (C=O) groups is 2. The average molecular weight is 462 g/mol. The van der Waals surface area contributed by atoms with E-state index in [9.17, 15) is 0 Å². The van der Waals surface area contributed by atoms with Crippen molar-refractivity contribution in [1.29, 1.82) is 0 Å². The maximum Gasteiger partial charge on any atom is 0.414 e. The van der Waals surface area contributed by atoms with E-state index in [1.54, 1.807) is 0 Å². The zero-order chi connectivity index (χ0) is 24.4. The molecular formula is C28H31NO5. The van der Waals surface area contributed by atoms with Crippen molar-refractivity contribution in [3.63, 3.8) is 0 Å².